The molecule has 0 bridgehead atoms. The first-order chi connectivity index (χ1) is 17.7. The summed E-state index contributed by atoms with van der Waals surface area (Å²) in [5.41, 5.74) is 4.70. The zero-order valence-corrected chi connectivity index (χ0v) is 23.3. The normalized spacial score (nSPS) is 15.2. The lowest BCUT2D eigenvalue weighted by atomic mass is 9.87. The Morgan fingerprint density at radius 1 is 1.08 bits per heavy atom. The number of carbonyl (C=O) groups excluding carboxylic acids is 1. The molecule has 0 spiro atoms. The van der Waals surface area contributed by atoms with Crippen LogP contribution < -0.4 is 10.1 Å². The minimum atomic E-state index is -0.446. The molecule has 0 radical (unpaired) electrons. The summed E-state index contributed by atoms with van der Waals surface area (Å²) in [6.45, 7) is 13.4. The number of rotatable bonds is 9. The molecule has 196 valence electrons. The van der Waals surface area contributed by atoms with Crippen molar-refractivity contribution < 1.29 is 14.3 Å². The molecule has 2 aromatic carbocycles. The van der Waals surface area contributed by atoms with Gasteiger partial charge < -0.3 is 14.8 Å². The minimum absolute atomic E-state index is 0.123. The van der Waals surface area contributed by atoms with E-state index in [-0.39, 0.29) is 11.4 Å². The number of allylic oxidation sites excluding steroid dienone is 1. The van der Waals surface area contributed by atoms with Gasteiger partial charge in [-0.15, -0.1) is 5.10 Å². The van der Waals surface area contributed by atoms with Crippen LogP contribution >= 0.6 is 11.8 Å². The molecule has 0 aliphatic carbocycles. The molecule has 7 nitrogen and oxygen atoms in total. The molecular weight excluding hydrogens is 484 g/mol. The SMILES string of the molecule is CCCOC(=O)C1=C(C)Nc2nc(SCC)nn2C1c1ccc(OCc2ccc(C(C)(C)C)cc2)cc1. The first kappa shape index (κ1) is 26.8. The minimum Gasteiger partial charge on any atom is -0.489 e. The Labute approximate surface area is 223 Å². The van der Waals surface area contributed by atoms with Crippen LogP contribution in [-0.4, -0.2) is 33.1 Å². The number of hydrogen-bond acceptors (Lipinski definition) is 7. The number of nitrogens with zero attached hydrogens (tertiary/aromatic N) is 3. The Balaban J connectivity index is 1.57. The molecule has 1 aliphatic heterocycles. The summed E-state index contributed by atoms with van der Waals surface area (Å²) in [4.78, 5) is 17.7. The highest BCUT2D eigenvalue weighted by Gasteiger charge is 2.35. The molecular formula is C29H36N4O3S. The summed E-state index contributed by atoms with van der Waals surface area (Å²) >= 11 is 1.56. The van der Waals surface area contributed by atoms with Crippen LogP contribution in [0.25, 0.3) is 0 Å². The molecule has 1 atom stereocenters. The van der Waals surface area contributed by atoms with Gasteiger partial charge in [-0.2, -0.15) is 4.98 Å². The van der Waals surface area contributed by atoms with Crippen LogP contribution in [0.4, 0.5) is 5.95 Å². The van der Waals surface area contributed by atoms with Crippen molar-refractivity contribution in [2.45, 2.75) is 71.2 Å². The number of benzene rings is 2. The third-order valence-electron chi connectivity index (χ3n) is 6.19. The summed E-state index contributed by atoms with van der Waals surface area (Å²) in [7, 11) is 0. The lowest BCUT2D eigenvalue weighted by Gasteiger charge is -2.28. The zero-order valence-electron chi connectivity index (χ0n) is 22.5. The number of thioether (sulfide) groups is 1. The monoisotopic (exact) mass is 520 g/mol. The Hall–Kier alpha value is -3.26. The standard InChI is InChI=1S/C29H36N4O3S/c1-7-17-35-26(34)24-19(3)30-27-31-28(37-8-2)32-33(27)25(24)21-11-15-23(16-12-21)36-18-20-9-13-22(14-10-20)29(4,5)6/h9-16,25H,7-8,17-18H2,1-6H3,(H,30,31,32). The smallest absolute Gasteiger partial charge is 0.338 e. The summed E-state index contributed by atoms with van der Waals surface area (Å²) in [6, 6.07) is 15.9. The van der Waals surface area contributed by atoms with Gasteiger partial charge >= 0.3 is 5.97 Å². The van der Waals surface area contributed by atoms with E-state index in [1.165, 1.54) is 5.56 Å². The van der Waals surface area contributed by atoms with Crippen molar-refractivity contribution in [1.29, 1.82) is 0 Å². The maximum Gasteiger partial charge on any atom is 0.338 e. The van der Waals surface area contributed by atoms with Crippen LogP contribution in [0.15, 0.2) is 65.0 Å². The topological polar surface area (TPSA) is 78.3 Å². The van der Waals surface area contributed by atoms with E-state index < -0.39 is 6.04 Å². The van der Waals surface area contributed by atoms with E-state index in [0.717, 1.165) is 34.7 Å². The molecule has 1 unspecified atom stereocenters. The zero-order chi connectivity index (χ0) is 26.6. The van der Waals surface area contributed by atoms with Gasteiger partial charge in [0, 0.05) is 5.70 Å². The fourth-order valence-electron chi connectivity index (χ4n) is 4.18. The third kappa shape index (κ3) is 6.18. The molecule has 0 fully saturated rings. The van der Waals surface area contributed by atoms with Gasteiger partial charge in [0.05, 0.1) is 12.2 Å². The Kier molecular flexibility index (Phi) is 8.27. The van der Waals surface area contributed by atoms with E-state index in [1.54, 1.807) is 16.4 Å². The van der Waals surface area contributed by atoms with Crippen LogP contribution in [0.1, 0.15) is 70.7 Å². The molecule has 0 amide bonds. The number of nitrogens with one attached hydrogen (secondary N) is 1. The third-order valence-corrected chi connectivity index (χ3v) is 6.90. The van der Waals surface area contributed by atoms with Crippen LogP contribution in [0, 0.1) is 0 Å². The highest BCUT2D eigenvalue weighted by Crippen LogP contribution is 2.37. The molecule has 4 rings (SSSR count). The molecule has 8 heteroatoms. The largest absolute Gasteiger partial charge is 0.489 e. The van der Waals surface area contributed by atoms with E-state index in [4.69, 9.17) is 14.6 Å². The van der Waals surface area contributed by atoms with Crippen LogP contribution in [0.5, 0.6) is 5.75 Å². The van der Waals surface area contributed by atoms with Crippen molar-refractivity contribution in [3.8, 4) is 5.75 Å². The fraction of sp³-hybridized carbons (Fsp3) is 0.414. The average Bonchev–Trinajstić information content (AvgIpc) is 3.27. The summed E-state index contributed by atoms with van der Waals surface area (Å²) in [5, 5.41) is 8.61. The van der Waals surface area contributed by atoms with Gasteiger partial charge in [0.25, 0.3) is 0 Å². The maximum atomic E-state index is 13.1. The Morgan fingerprint density at radius 3 is 2.41 bits per heavy atom. The summed E-state index contributed by atoms with van der Waals surface area (Å²) in [6.07, 6.45) is 0.757. The van der Waals surface area contributed by atoms with Crippen molar-refractivity contribution in [2.75, 3.05) is 17.7 Å². The molecule has 1 aliphatic rings. The molecule has 0 saturated heterocycles. The van der Waals surface area contributed by atoms with Gasteiger partial charge in [-0.1, -0.05) is 82.8 Å². The van der Waals surface area contributed by atoms with Crippen molar-refractivity contribution in [2.24, 2.45) is 0 Å². The number of ether oxygens (including phenoxy) is 2. The maximum absolute atomic E-state index is 13.1. The molecule has 37 heavy (non-hydrogen) atoms. The number of esters is 1. The van der Waals surface area contributed by atoms with Gasteiger partial charge in [0.15, 0.2) is 0 Å². The quantitative estimate of drug-likeness (QED) is 0.255. The first-order valence-corrected chi connectivity index (χ1v) is 13.8. The molecule has 2 heterocycles. The summed E-state index contributed by atoms with van der Waals surface area (Å²) < 4.78 is 13.4. The van der Waals surface area contributed by atoms with Crippen molar-refractivity contribution in [3.63, 3.8) is 0 Å². The van der Waals surface area contributed by atoms with Crippen LogP contribution in [-0.2, 0) is 21.6 Å². The first-order valence-electron chi connectivity index (χ1n) is 12.8. The second-order valence-corrected chi connectivity index (χ2v) is 11.3. The van der Waals surface area contributed by atoms with Crippen LogP contribution in [0.2, 0.25) is 0 Å². The molecule has 0 saturated carbocycles. The Bertz CT molecular complexity index is 1260. The van der Waals surface area contributed by atoms with Gasteiger partial charge in [-0.05, 0) is 53.3 Å². The van der Waals surface area contributed by atoms with Gasteiger partial charge in [-0.25, -0.2) is 9.48 Å². The molecule has 1 N–H and O–H groups in total. The predicted molar refractivity (Wildman–Crippen MR) is 148 cm³/mol. The second-order valence-electron chi connectivity index (χ2n) is 10.1. The molecule has 3 aromatic rings. The van der Waals surface area contributed by atoms with E-state index in [0.29, 0.717) is 29.9 Å². The number of hydrogen-bond donors (Lipinski definition) is 1. The van der Waals surface area contributed by atoms with Gasteiger partial charge in [0.1, 0.15) is 18.4 Å². The van der Waals surface area contributed by atoms with E-state index in [2.05, 4.69) is 62.3 Å². The van der Waals surface area contributed by atoms with Crippen molar-refractivity contribution in [1.82, 2.24) is 14.8 Å². The van der Waals surface area contributed by atoms with Crippen molar-refractivity contribution >= 4 is 23.7 Å². The average molecular weight is 521 g/mol. The van der Waals surface area contributed by atoms with Crippen molar-refractivity contribution in [3.05, 3.63) is 76.5 Å². The number of carbonyl (C=O) groups is 1. The highest BCUT2D eigenvalue weighted by atomic mass is 32.2. The lowest BCUT2D eigenvalue weighted by molar-refractivity contribution is -0.139. The number of anilines is 1. The van der Waals surface area contributed by atoms with Gasteiger partial charge in [0.2, 0.25) is 11.1 Å². The fourth-order valence-corrected chi connectivity index (χ4v) is 4.74. The molecule has 1 aromatic heterocycles. The lowest BCUT2D eigenvalue weighted by Crippen LogP contribution is -2.29. The Morgan fingerprint density at radius 2 is 1.78 bits per heavy atom. The van der Waals surface area contributed by atoms with E-state index >= 15 is 0 Å². The summed E-state index contributed by atoms with van der Waals surface area (Å²) in [5.74, 6) is 1.89. The van der Waals surface area contributed by atoms with E-state index in [9.17, 15) is 4.79 Å². The number of fused-ring (bicyclic) bond motifs is 1. The highest BCUT2D eigenvalue weighted by molar-refractivity contribution is 7.99. The van der Waals surface area contributed by atoms with Gasteiger partial charge in [-0.3, -0.25) is 0 Å². The number of aromatic nitrogens is 3. The second kappa shape index (κ2) is 11.4. The predicted octanol–water partition coefficient (Wildman–Crippen LogP) is 6.51. The van der Waals surface area contributed by atoms with E-state index in [1.807, 2.05) is 38.1 Å². The van der Waals surface area contributed by atoms with Crippen LogP contribution in [0.3, 0.4) is 0 Å².